The van der Waals surface area contributed by atoms with Crippen LogP contribution in [0.3, 0.4) is 0 Å². The van der Waals surface area contributed by atoms with Gasteiger partial charge in [-0.05, 0) is 55.0 Å². The van der Waals surface area contributed by atoms with Crippen LogP contribution < -0.4 is 5.32 Å². The Hall–Kier alpha value is -2.82. The highest BCUT2D eigenvalue weighted by atomic mass is 16.5. The summed E-state index contributed by atoms with van der Waals surface area (Å²) in [6.07, 6.45) is 2.90. The lowest BCUT2D eigenvalue weighted by Crippen LogP contribution is -2.34. The van der Waals surface area contributed by atoms with Crippen LogP contribution in [0.4, 0.5) is 0 Å². The average Bonchev–Trinajstić information content (AvgIpc) is 2.60. The van der Waals surface area contributed by atoms with Crippen LogP contribution in [0.2, 0.25) is 0 Å². The topological polar surface area (TPSA) is 75.6 Å². The molecule has 5 nitrogen and oxygen atoms in total. The van der Waals surface area contributed by atoms with Crippen molar-refractivity contribution in [3.8, 4) is 5.75 Å². The molecule has 0 saturated carbocycles. The Morgan fingerprint density at radius 3 is 2.84 bits per heavy atom. The fourth-order valence-corrected chi connectivity index (χ4v) is 3.16. The van der Waals surface area contributed by atoms with Gasteiger partial charge in [0.1, 0.15) is 11.3 Å². The number of aryl methyl sites for hydroxylation is 2. The van der Waals surface area contributed by atoms with Gasteiger partial charge in [0, 0.05) is 0 Å². The van der Waals surface area contributed by atoms with Gasteiger partial charge in [0.2, 0.25) is 0 Å². The first-order valence-corrected chi connectivity index (χ1v) is 8.38. The van der Waals surface area contributed by atoms with E-state index in [0.717, 1.165) is 30.4 Å². The van der Waals surface area contributed by atoms with E-state index in [-0.39, 0.29) is 29.9 Å². The highest BCUT2D eigenvalue weighted by molar-refractivity contribution is 5.94. The minimum absolute atomic E-state index is 0.0519. The molecule has 0 heterocycles. The first kappa shape index (κ1) is 17.0. The summed E-state index contributed by atoms with van der Waals surface area (Å²) in [5.74, 6) is -1.20. The zero-order valence-corrected chi connectivity index (χ0v) is 14.1. The maximum Gasteiger partial charge on any atom is 0.342 e. The van der Waals surface area contributed by atoms with Crippen molar-refractivity contribution in [3.05, 3.63) is 64.7 Å². The molecule has 2 aromatic rings. The van der Waals surface area contributed by atoms with E-state index in [4.69, 9.17) is 4.74 Å². The van der Waals surface area contributed by atoms with E-state index in [1.165, 1.54) is 17.7 Å². The number of amides is 1. The van der Waals surface area contributed by atoms with Crippen LogP contribution in [0.5, 0.6) is 5.75 Å². The summed E-state index contributed by atoms with van der Waals surface area (Å²) < 4.78 is 5.03. The van der Waals surface area contributed by atoms with Gasteiger partial charge in [-0.15, -0.1) is 0 Å². The Bertz CT molecular complexity index is 800. The SMILES string of the molecule is Cc1ccc(C(=O)OCC(=O)N[C@@H]2CCCc3ccccc32)c(O)c1. The number of phenols is 1. The summed E-state index contributed by atoms with van der Waals surface area (Å²) in [6, 6.07) is 12.7. The van der Waals surface area contributed by atoms with Crippen LogP contribution in [-0.4, -0.2) is 23.6 Å². The van der Waals surface area contributed by atoms with Gasteiger partial charge in [0.05, 0.1) is 6.04 Å². The summed E-state index contributed by atoms with van der Waals surface area (Å²) in [7, 11) is 0. The van der Waals surface area contributed by atoms with Crippen molar-refractivity contribution in [1.29, 1.82) is 0 Å². The predicted molar refractivity (Wildman–Crippen MR) is 93.4 cm³/mol. The Kier molecular flexibility index (Phi) is 5.03. The number of aromatic hydroxyl groups is 1. The van der Waals surface area contributed by atoms with Gasteiger partial charge < -0.3 is 15.2 Å². The van der Waals surface area contributed by atoms with Gasteiger partial charge in [-0.2, -0.15) is 0 Å². The van der Waals surface area contributed by atoms with E-state index in [2.05, 4.69) is 11.4 Å². The lowest BCUT2D eigenvalue weighted by Gasteiger charge is -2.26. The molecule has 25 heavy (non-hydrogen) atoms. The smallest absolute Gasteiger partial charge is 0.342 e. The third-order valence-electron chi connectivity index (χ3n) is 4.41. The number of esters is 1. The quantitative estimate of drug-likeness (QED) is 0.840. The van der Waals surface area contributed by atoms with Crippen molar-refractivity contribution < 1.29 is 19.4 Å². The van der Waals surface area contributed by atoms with Crippen molar-refractivity contribution in [2.75, 3.05) is 6.61 Å². The number of ether oxygens (including phenoxy) is 1. The minimum Gasteiger partial charge on any atom is -0.507 e. The number of hydrogen-bond acceptors (Lipinski definition) is 4. The molecule has 2 N–H and O–H groups in total. The molecule has 0 radical (unpaired) electrons. The molecule has 0 bridgehead atoms. The second kappa shape index (κ2) is 7.38. The average molecular weight is 339 g/mol. The summed E-state index contributed by atoms with van der Waals surface area (Å²) in [5.41, 5.74) is 3.27. The molecule has 0 fully saturated rings. The van der Waals surface area contributed by atoms with Gasteiger partial charge in [-0.25, -0.2) is 4.79 Å². The van der Waals surface area contributed by atoms with Gasteiger partial charge in [0.25, 0.3) is 5.91 Å². The minimum atomic E-state index is -0.711. The van der Waals surface area contributed by atoms with Crippen molar-refractivity contribution >= 4 is 11.9 Å². The van der Waals surface area contributed by atoms with Crippen molar-refractivity contribution in [3.63, 3.8) is 0 Å². The number of benzene rings is 2. The molecule has 130 valence electrons. The van der Waals surface area contributed by atoms with Crippen LogP contribution in [0.25, 0.3) is 0 Å². The third kappa shape index (κ3) is 3.99. The molecule has 1 amide bonds. The molecule has 2 aromatic carbocycles. The van der Waals surface area contributed by atoms with Crippen LogP contribution in [-0.2, 0) is 16.0 Å². The standard InChI is InChI=1S/C20H21NO4/c1-13-9-10-16(18(22)11-13)20(24)25-12-19(23)21-17-8-4-6-14-5-2-3-7-15(14)17/h2-3,5,7,9-11,17,22H,4,6,8,12H2,1H3,(H,21,23)/t17-/m1/s1. The van der Waals surface area contributed by atoms with E-state index in [9.17, 15) is 14.7 Å². The maximum absolute atomic E-state index is 12.1. The highest BCUT2D eigenvalue weighted by Crippen LogP contribution is 2.29. The van der Waals surface area contributed by atoms with Gasteiger partial charge >= 0.3 is 5.97 Å². The molecule has 0 aliphatic heterocycles. The van der Waals surface area contributed by atoms with E-state index in [1.807, 2.05) is 25.1 Å². The number of carbonyl (C=O) groups excluding carboxylic acids is 2. The molecule has 0 saturated heterocycles. The number of carbonyl (C=O) groups is 2. The Morgan fingerprint density at radius 2 is 2.04 bits per heavy atom. The fraction of sp³-hybridized carbons (Fsp3) is 0.300. The van der Waals surface area contributed by atoms with Gasteiger partial charge in [-0.1, -0.05) is 30.3 Å². The lowest BCUT2D eigenvalue weighted by molar-refractivity contribution is -0.125. The number of nitrogens with one attached hydrogen (secondary N) is 1. The summed E-state index contributed by atoms with van der Waals surface area (Å²) in [5, 5.41) is 12.7. The molecule has 0 unspecified atom stereocenters. The van der Waals surface area contributed by atoms with Crippen molar-refractivity contribution in [1.82, 2.24) is 5.32 Å². The fourth-order valence-electron chi connectivity index (χ4n) is 3.16. The molecule has 0 spiro atoms. The molecular formula is C20H21NO4. The Labute approximate surface area is 146 Å². The predicted octanol–water partition coefficient (Wildman–Crippen LogP) is 3.05. The summed E-state index contributed by atoms with van der Waals surface area (Å²) >= 11 is 0. The van der Waals surface area contributed by atoms with Crippen molar-refractivity contribution in [2.45, 2.75) is 32.2 Å². The highest BCUT2D eigenvalue weighted by Gasteiger charge is 2.22. The largest absolute Gasteiger partial charge is 0.507 e. The normalized spacial score (nSPS) is 16.0. The van der Waals surface area contributed by atoms with E-state index in [1.54, 1.807) is 6.07 Å². The third-order valence-corrected chi connectivity index (χ3v) is 4.41. The van der Waals surface area contributed by atoms with Gasteiger partial charge in [-0.3, -0.25) is 4.79 Å². The van der Waals surface area contributed by atoms with Gasteiger partial charge in [0.15, 0.2) is 6.61 Å². The van der Waals surface area contributed by atoms with E-state index >= 15 is 0 Å². The van der Waals surface area contributed by atoms with Crippen LogP contribution in [0.15, 0.2) is 42.5 Å². The van der Waals surface area contributed by atoms with Crippen LogP contribution in [0.1, 0.15) is 45.9 Å². The molecule has 1 aliphatic carbocycles. The lowest BCUT2D eigenvalue weighted by atomic mass is 9.88. The zero-order valence-electron chi connectivity index (χ0n) is 14.1. The first-order chi connectivity index (χ1) is 12.0. The molecule has 3 rings (SSSR count). The number of rotatable bonds is 4. The Balaban J connectivity index is 1.58. The molecular weight excluding hydrogens is 318 g/mol. The molecule has 5 heteroatoms. The van der Waals surface area contributed by atoms with E-state index < -0.39 is 5.97 Å². The number of fused-ring (bicyclic) bond motifs is 1. The number of hydrogen-bond donors (Lipinski definition) is 2. The molecule has 0 aromatic heterocycles. The zero-order chi connectivity index (χ0) is 17.8. The first-order valence-electron chi connectivity index (χ1n) is 8.38. The van der Waals surface area contributed by atoms with Crippen molar-refractivity contribution in [2.24, 2.45) is 0 Å². The van der Waals surface area contributed by atoms with Crippen LogP contribution in [0, 0.1) is 6.92 Å². The van der Waals surface area contributed by atoms with E-state index in [0.29, 0.717) is 0 Å². The number of phenolic OH excluding ortho intramolecular Hbond substituents is 1. The molecule has 1 atom stereocenters. The Morgan fingerprint density at radius 1 is 1.24 bits per heavy atom. The summed E-state index contributed by atoms with van der Waals surface area (Å²) in [6.45, 7) is 1.44. The second-order valence-corrected chi connectivity index (χ2v) is 6.31. The second-order valence-electron chi connectivity index (χ2n) is 6.31. The van der Waals surface area contributed by atoms with Crippen LogP contribution >= 0.6 is 0 Å². The monoisotopic (exact) mass is 339 g/mol. The summed E-state index contributed by atoms with van der Waals surface area (Å²) in [4.78, 5) is 24.2. The maximum atomic E-state index is 12.1. The molecule has 1 aliphatic rings.